The van der Waals surface area contributed by atoms with Gasteiger partial charge in [0.1, 0.15) is 5.75 Å². The highest BCUT2D eigenvalue weighted by atomic mass is 16.4. The first-order chi connectivity index (χ1) is 11.5. The van der Waals surface area contributed by atoms with Crippen molar-refractivity contribution in [1.29, 1.82) is 0 Å². The summed E-state index contributed by atoms with van der Waals surface area (Å²) in [7, 11) is 0. The van der Waals surface area contributed by atoms with E-state index in [1.165, 1.54) is 18.2 Å². The average Bonchev–Trinajstić information content (AvgIpc) is 2.53. The van der Waals surface area contributed by atoms with Crippen LogP contribution in [0.3, 0.4) is 0 Å². The molecule has 2 rings (SSSR count). The molecule has 24 heavy (non-hydrogen) atoms. The molecule has 0 bridgehead atoms. The molecule has 4 N–H and O–H groups in total. The van der Waals surface area contributed by atoms with E-state index >= 15 is 0 Å². The Labute approximate surface area is 137 Å². The highest BCUT2D eigenvalue weighted by molar-refractivity contribution is 6.07. The van der Waals surface area contributed by atoms with E-state index in [2.05, 4.69) is 10.6 Å². The lowest BCUT2D eigenvalue weighted by molar-refractivity contribution is -0.131. The summed E-state index contributed by atoms with van der Waals surface area (Å²) in [6.07, 6.45) is 1.61. The SMILES string of the molecule is O=C(O)/C=C/C(=O)Nc1cccc(NC(=O)c2ccccc2O)c1. The zero-order valence-corrected chi connectivity index (χ0v) is 12.4. The molecule has 0 saturated heterocycles. The summed E-state index contributed by atoms with van der Waals surface area (Å²) in [5, 5.41) is 23.2. The van der Waals surface area contributed by atoms with Gasteiger partial charge in [-0.15, -0.1) is 0 Å². The predicted molar refractivity (Wildman–Crippen MR) is 87.9 cm³/mol. The number of carboxylic acid groups (broad SMARTS) is 1. The van der Waals surface area contributed by atoms with Gasteiger partial charge in [0.15, 0.2) is 0 Å². The molecule has 0 spiro atoms. The van der Waals surface area contributed by atoms with Crippen molar-refractivity contribution in [1.82, 2.24) is 0 Å². The minimum absolute atomic E-state index is 0.122. The number of carboxylic acids is 1. The van der Waals surface area contributed by atoms with Crippen molar-refractivity contribution in [3.8, 4) is 5.75 Å². The van der Waals surface area contributed by atoms with Gasteiger partial charge in [0.25, 0.3) is 5.91 Å². The maximum atomic E-state index is 12.1. The van der Waals surface area contributed by atoms with Gasteiger partial charge in [0.05, 0.1) is 5.56 Å². The van der Waals surface area contributed by atoms with Crippen molar-refractivity contribution in [2.45, 2.75) is 0 Å². The van der Waals surface area contributed by atoms with E-state index in [1.807, 2.05) is 0 Å². The molecule has 0 aliphatic heterocycles. The summed E-state index contributed by atoms with van der Waals surface area (Å²) in [5.41, 5.74) is 0.907. The van der Waals surface area contributed by atoms with Gasteiger partial charge in [-0.05, 0) is 30.3 Å². The molecule has 0 aliphatic rings. The number of aromatic hydroxyl groups is 1. The summed E-state index contributed by atoms with van der Waals surface area (Å²) >= 11 is 0. The van der Waals surface area contributed by atoms with Crippen molar-refractivity contribution in [3.05, 3.63) is 66.2 Å². The van der Waals surface area contributed by atoms with Crippen molar-refractivity contribution >= 4 is 29.2 Å². The Morgan fingerprint density at radius 1 is 0.875 bits per heavy atom. The number of phenolic OH excluding ortho intramolecular Hbond substituents is 1. The van der Waals surface area contributed by atoms with Gasteiger partial charge in [-0.1, -0.05) is 18.2 Å². The van der Waals surface area contributed by atoms with Crippen molar-refractivity contribution in [2.24, 2.45) is 0 Å². The van der Waals surface area contributed by atoms with Crippen LogP contribution in [0.5, 0.6) is 5.75 Å². The van der Waals surface area contributed by atoms with Gasteiger partial charge in [-0.25, -0.2) is 4.79 Å². The lowest BCUT2D eigenvalue weighted by Crippen LogP contribution is -2.13. The summed E-state index contributed by atoms with van der Waals surface area (Å²) in [6.45, 7) is 0. The van der Waals surface area contributed by atoms with Gasteiger partial charge in [0, 0.05) is 23.5 Å². The minimum atomic E-state index is -1.23. The van der Waals surface area contributed by atoms with E-state index in [-0.39, 0.29) is 11.3 Å². The molecular formula is C17H14N2O5. The lowest BCUT2D eigenvalue weighted by Gasteiger charge is -2.08. The second-order valence-electron chi connectivity index (χ2n) is 4.71. The molecule has 0 aromatic heterocycles. The van der Waals surface area contributed by atoms with E-state index in [0.717, 1.165) is 12.2 Å². The van der Waals surface area contributed by atoms with E-state index in [4.69, 9.17) is 5.11 Å². The van der Waals surface area contributed by atoms with Crippen molar-refractivity contribution in [2.75, 3.05) is 10.6 Å². The van der Waals surface area contributed by atoms with Gasteiger partial charge < -0.3 is 20.8 Å². The third-order valence-corrected chi connectivity index (χ3v) is 2.91. The Bertz CT molecular complexity index is 814. The number of para-hydroxylation sites is 1. The van der Waals surface area contributed by atoms with Gasteiger partial charge in [0.2, 0.25) is 5.91 Å². The fourth-order valence-electron chi connectivity index (χ4n) is 1.87. The first kappa shape index (κ1) is 16.8. The number of carbonyl (C=O) groups is 3. The zero-order chi connectivity index (χ0) is 17.5. The molecule has 122 valence electrons. The standard InChI is InChI=1S/C17H14N2O5/c20-14-7-2-1-6-13(14)17(24)19-12-5-3-4-11(10-12)18-15(21)8-9-16(22)23/h1-10,20H,(H,18,21)(H,19,24)(H,22,23)/b9-8+. The summed E-state index contributed by atoms with van der Waals surface area (Å²) in [5.74, 6) is -2.48. The first-order valence-electron chi connectivity index (χ1n) is 6.87. The third kappa shape index (κ3) is 4.70. The molecule has 0 unspecified atom stereocenters. The van der Waals surface area contributed by atoms with Crippen LogP contribution in [-0.4, -0.2) is 28.0 Å². The van der Waals surface area contributed by atoms with Crippen LogP contribution in [0, 0.1) is 0 Å². The number of amides is 2. The van der Waals surface area contributed by atoms with E-state index in [0.29, 0.717) is 11.4 Å². The van der Waals surface area contributed by atoms with Crippen LogP contribution < -0.4 is 10.6 Å². The fraction of sp³-hybridized carbons (Fsp3) is 0. The molecule has 0 saturated carbocycles. The van der Waals surface area contributed by atoms with Crippen LogP contribution in [0.2, 0.25) is 0 Å². The van der Waals surface area contributed by atoms with Crippen molar-refractivity contribution in [3.63, 3.8) is 0 Å². The van der Waals surface area contributed by atoms with Crippen LogP contribution in [0.15, 0.2) is 60.7 Å². The van der Waals surface area contributed by atoms with Crippen LogP contribution in [0.1, 0.15) is 10.4 Å². The monoisotopic (exact) mass is 326 g/mol. The topological polar surface area (TPSA) is 116 Å². The minimum Gasteiger partial charge on any atom is -0.507 e. The molecule has 2 amide bonds. The average molecular weight is 326 g/mol. The molecule has 7 nitrogen and oxygen atoms in total. The highest BCUT2D eigenvalue weighted by Crippen LogP contribution is 2.19. The number of anilines is 2. The molecule has 0 heterocycles. The maximum Gasteiger partial charge on any atom is 0.328 e. The van der Waals surface area contributed by atoms with Crippen LogP contribution in [0.4, 0.5) is 11.4 Å². The second-order valence-corrected chi connectivity index (χ2v) is 4.71. The molecule has 2 aromatic rings. The predicted octanol–water partition coefficient (Wildman–Crippen LogP) is 2.22. The Morgan fingerprint density at radius 3 is 2.21 bits per heavy atom. The summed E-state index contributed by atoms with van der Waals surface area (Å²) < 4.78 is 0. The smallest absolute Gasteiger partial charge is 0.328 e. The Hall–Kier alpha value is -3.61. The third-order valence-electron chi connectivity index (χ3n) is 2.91. The lowest BCUT2D eigenvalue weighted by atomic mass is 10.2. The van der Waals surface area contributed by atoms with E-state index < -0.39 is 17.8 Å². The molecule has 2 aromatic carbocycles. The van der Waals surface area contributed by atoms with Crippen LogP contribution in [-0.2, 0) is 9.59 Å². The van der Waals surface area contributed by atoms with Crippen LogP contribution >= 0.6 is 0 Å². The number of rotatable bonds is 5. The van der Waals surface area contributed by atoms with Gasteiger partial charge >= 0.3 is 5.97 Å². The molecule has 7 heteroatoms. The normalized spacial score (nSPS) is 10.3. The second kappa shape index (κ2) is 7.59. The number of hydrogen-bond donors (Lipinski definition) is 4. The Balaban J connectivity index is 2.08. The zero-order valence-electron chi connectivity index (χ0n) is 12.4. The maximum absolute atomic E-state index is 12.1. The fourth-order valence-corrected chi connectivity index (χ4v) is 1.87. The van der Waals surface area contributed by atoms with Gasteiger partial charge in [-0.3, -0.25) is 9.59 Å². The largest absolute Gasteiger partial charge is 0.507 e. The summed E-state index contributed by atoms with van der Waals surface area (Å²) in [4.78, 5) is 34.0. The Kier molecular flexibility index (Phi) is 5.30. The van der Waals surface area contributed by atoms with Gasteiger partial charge in [-0.2, -0.15) is 0 Å². The Morgan fingerprint density at radius 2 is 1.54 bits per heavy atom. The molecular weight excluding hydrogens is 312 g/mol. The number of hydrogen-bond acceptors (Lipinski definition) is 4. The summed E-state index contributed by atoms with van der Waals surface area (Å²) in [6, 6.07) is 12.4. The molecule has 0 radical (unpaired) electrons. The molecule has 0 atom stereocenters. The molecule has 0 fully saturated rings. The number of phenols is 1. The van der Waals surface area contributed by atoms with Crippen molar-refractivity contribution < 1.29 is 24.6 Å². The first-order valence-corrected chi connectivity index (χ1v) is 6.87. The number of benzene rings is 2. The quantitative estimate of drug-likeness (QED) is 0.629. The number of carbonyl (C=O) groups excluding carboxylic acids is 2. The number of nitrogens with one attached hydrogen (secondary N) is 2. The van der Waals surface area contributed by atoms with Crippen LogP contribution in [0.25, 0.3) is 0 Å². The van der Waals surface area contributed by atoms with E-state index in [9.17, 15) is 19.5 Å². The number of aliphatic carboxylic acids is 1. The molecule has 0 aliphatic carbocycles. The van der Waals surface area contributed by atoms with E-state index in [1.54, 1.807) is 30.3 Å². The highest BCUT2D eigenvalue weighted by Gasteiger charge is 2.10.